The molecule has 1 atom stereocenters. The molecule has 106 valence electrons. The number of hydrogen-bond acceptors (Lipinski definition) is 2. The highest BCUT2D eigenvalue weighted by molar-refractivity contribution is 7.07. The molecule has 0 aliphatic carbocycles. The van der Waals surface area contributed by atoms with E-state index in [1.54, 1.807) is 11.3 Å². The number of hydrogen-bond donors (Lipinski definition) is 1. The summed E-state index contributed by atoms with van der Waals surface area (Å²) in [5.74, 6) is 0.00676. The van der Waals surface area contributed by atoms with Crippen LogP contribution < -0.4 is 0 Å². The predicted octanol–water partition coefficient (Wildman–Crippen LogP) is 4.48. The van der Waals surface area contributed by atoms with Crippen molar-refractivity contribution in [2.24, 2.45) is 0 Å². The molecule has 21 heavy (non-hydrogen) atoms. The van der Waals surface area contributed by atoms with E-state index in [1.807, 2.05) is 36.4 Å². The number of aliphatic hydroxyl groups is 1. The lowest BCUT2D eigenvalue weighted by molar-refractivity contribution is 0.157. The lowest BCUT2D eigenvalue weighted by Crippen LogP contribution is -2.22. The van der Waals surface area contributed by atoms with Crippen molar-refractivity contribution in [2.75, 3.05) is 0 Å². The highest BCUT2D eigenvalue weighted by Crippen LogP contribution is 2.30. The van der Waals surface area contributed by atoms with Crippen LogP contribution in [0.4, 0.5) is 0 Å². The van der Waals surface area contributed by atoms with E-state index in [2.05, 4.69) is 41.1 Å². The highest BCUT2D eigenvalue weighted by Gasteiger charge is 2.23. The number of thiophene rings is 1. The van der Waals surface area contributed by atoms with Gasteiger partial charge in [0, 0.05) is 12.3 Å². The minimum atomic E-state index is -0.426. The number of aliphatic hydroxyl groups excluding tert-OH is 1. The fourth-order valence-corrected chi connectivity index (χ4v) is 3.41. The van der Waals surface area contributed by atoms with Gasteiger partial charge < -0.3 is 5.11 Å². The minimum Gasteiger partial charge on any atom is -0.392 e. The maximum atomic E-state index is 10.8. The lowest BCUT2D eigenvalue weighted by atomic mass is 9.84. The van der Waals surface area contributed by atoms with E-state index in [0.717, 1.165) is 11.1 Å². The summed E-state index contributed by atoms with van der Waals surface area (Å²) in [6.07, 6.45) is 0.252. The molecule has 1 N–H and O–H groups in total. The monoisotopic (exact) mass is 294 g/mol. The van der Waals surface area contributed by atoms with E-state index in [4.69, 9.17) is 0 Å². The predicted molar refractivity (Wildman–Crippen MR) is 88.8 cm³/mol. The van der Waals surface area contributed by atoms with Gasteiger partial charge in [-0.2, -0.15) is 11.3 Å². The summed E-state index contributed by atoms with van der Waals surface area (Å²) >= 11 is 1.67. The van der Waals surface area contributed by atoms with Crippen molar-refractivity contribution in [3.05, 3.63) is 94.2 Å². The van der Waals surface area contributed by atoms with Crippen molar-refractivity contribution in [3.63, 3.8) is 0 Å². The molecule has 3 aromatic rings. The van der Waals surface area contributed by atoms with Crippen LogP contribution in [0.1, 0.15) is 22.6 Å². The smallest absolute Gasteiger partial charge is 0.0689 e. The van der Waals surface area contributed by atoms with Crippen molar-refractivity contribution < 1.29 is 5.11 Å². The van der Waals surface area contributed by atoms with Crippen LogP contribution in [0.3, 0.4) is 0 Å². The van der Waals surface area contributed by atoms with E-state index in [0.29, 0.717) is 6.42 Å². The number of rotatable bonds is 5. The normalized spacial score (nSPS) is 12.5. The summed E-state index contributed by atoms with van der Waals surface area (Å²) in [5.41, 5.74) is 3.52. The Morgan fingerprint density at radius 3 is 1.86 bits per heavy atom. The molecule has 0 saturated heterocycles. The zero-order valence-corrected chi connectivity index (χ0v) is 12.5. The molecule has 0 aliphatic rings. The third-order valence-corrected chi connectivity index (χ3v) is 4.46. The van der Waals surface area contributed by atoms with Crippen LogP contribution in [0, 0.1) is 0 Å². The molecule has 1 heterocycles. The van der Waals surface area contributed by atoms with Crippen LogP contribution in [-0.2, 0) is 6.42 Å². The second-order valence-electron chi connectivity index (χ2n) is 5.20. The molecule has 1 aromatic heterocycles. The Labute approximate surface area is 129 Å². The second-order valence-corrected chi connectivity index (χ2v) is 5.98. The van der Waals surface area contributed by atoms with Crippen LogP contribution in [0.2, 0.25) is 0 Å². The molecular formula is C19H18OS. The van der Waals surface area contributed by atoms with Gasteiger partial charge >= 0.3 is 0 Å². The molecule has 2 aromatic carbocycles. The quantitative estimate of drug-likeness (QED) is 0.735. The van der Waals surface area contributed by atoms with Crippen LogP contribution in [0.25, 0.3) is 0 Å². The van der Waals surface area contributed by atoms with Crippen molar-refractivity contribution >= 4 is 11.3 Å². The average Bonchev–Trinajstić information content (AvgIpc) is 3.02. The Balaban J connectivity index is 1.92. The molecule has 0 saturated carbocycles. The maximum Gasteiger partial charge on any atom is 0.0689 e. The SMILES string of the molecule is OC(Cc1ccsc1)C(c1ccccc1)c1ccccc1. The first-order valence-corrected chi connectivity index (χ1v) is 8.08. The summed E-state index contributed by atoms with van der Waals surface area (Å²) < 4.78 is 0. The summed E-state index contributed by atoms with van der Waals surface area (Å²) in [5, 5.41) is 15.0. The zero-order valence-electron chi connectivity index (χ0n) is 11.7. The van der Waals surface area contributed by atoms with E-state index >= 15 is 0 Å². The molecule has 2 heteroatoms. The number of benzene rings is 2. The maximum absolute atomic E-state index is 10.8. The van der Waals surface area contributed by atoms with Gasteiger partial charge in [0.15, 0.2) is 0 Å². The molecule has 0 radical (unpaired) electrons. The van der Waals surface area contributed by atoms with Crippen molar-refractivity contribution in [3.8, 4) is 0 Å². The van der Waals surface area contributed by atoms with Crippen molar-refractivity contribution in [2.45, 2.75) is 18.4 Å². The van der Waals surface area contributed by atoms with Gasteiger partial charge in [0.2, 0.25) is 0 Å². The van der Waals surface area contributed by atoms with E-state index in [-0.39, 0.29) is 5.92 Å². The van der Waals surface area contributed by atoms with Crippen molar-refractivity contribution in [1.29, 1.82) is 0 Å². The third-order valence-electron chi connectivity index (χ3n) is 3.73. The van der Waals surface area contributed by atoms with Gasteiger partial charge in [-0.15, -0.1) is 0 Å². The topological polar surface area (TPSA) is 20.2 Å². The molecule has 0 fully saturated rings. The molecular weight excluding hydrogens is 276 g/mol. The Bertz CT molecular complexity index is 607. The Morgan fingerprint density at radius 2 is 1.38 bits per heavy atom. The van der Waals surface area contributed by atoms with E-state index in [9.17, 15) is 5.11 Å². The molecule has 0 spiro atoms. The Hall–Kier alpha value is -1.90. The molecule has 3 rings (SSSR count). The largest absolute Gasteiger partial charge is 0.392 e. The van der Waals surface area contributed by atoms with Gasteiger partial charge in [-0.05, 0) is 33.5 Å². The summed E-state index contributed by atoms with van der Waals surface area (Å²) in [4.78, 5) is 0. The average molecular weight is 294 g/mol. The van der Waals surface area contributed by atoms with Gasteiger partial charge in [0.25, 0.3) is 0 Å². The van der Waals surface area contributed by atoms with Gasteiger partial charge in [0.05, 0.1) is 6.10 Å². The van der Waals surface area contributed by atoms with Crippen molar-refractivity contribution in [1.82, 2.24) is 0 Å². The van der Waals surface area contributed by atoms with E-state index < -0.39 is 6.10 Å². The highest BCUT2D eigenvalue weighted by atomic mass is 32.1. The Morgan fingerprint density at radius 1 is 0.810 bits per heavy atom. The standard InChI is InChI=1S/C19H18OS/c20-18(13-15-11-12-21-14-15)19(16-7-3-1-4-8-16)17-9-5-2-6-10-17/h1-12,14,18-20H,13H2. The van der Waals surface area contributed by atoms with Gasteiger partial charge in [-0.25, -0.2) is 0 Å². The summed E-state index contributed by atoms with van der Waals surface area (Å²) in [6.45, 7) is 0. The summed E-state index contributed by atoms with van der Waals surface area (Å²) in [6, 6.07) is 22.6. The first kappa shape index (κ1) is 14.1. The summed E-state index contributed by atoms with van der Waals surface area (Å²) in [7, 11) is 0. The molecule has 0 amide bonds. The molecule has 0 aliphatic heterocycles. The molecule has 1 unspecified atom stereocenters. The fraction of sp³-hybridized carbons (Fsp3) is 0.158. The van der Waals surface area contributed by atoms with Crippen LogP contribution in [-0.4, -0.2) is 11.2 Å². The second kappa shape index (κ2) is 6.70. The molecule has 1 nitrogen and oxygen atoms in total. The fourth-order valence-electron chi connectivity index (χ4n) is 2.73. The Kier molecular flexibility index (Phi) is 4.49. The molecule has 0 bridgehead atoms. The first-order chi connectivity index (χ1) is 10.3. The van der Waals surface area contributed by atoms with Crippen LogP contribution in [0.15, 0.2) is 77.5 Å². The minimum absolute atomic E-state index is 0.00676. The first-order valence-electron chi connectivity index (χ1n) is 7.13. The van der Waals surface area contributed by atoms with E-state index in [1.165, 1.54) is 5.56 Å². The van der Waals surface area contributed by atoms with Crippen LogP contribution >= 0.6 is 11.3 Å². The van der Waals surface area contributed by atoms with Gasteiger partial charge in [-0.1, -0.05) is 60.7 Å². The van der Waals surface area contributed by atoms with Gasteiger partial charge in [-0.3, -0.25) is 0 Å². The van der Waals surface area contributed by atoms with Crippen LogP contribution in [0.5, 0.6) is 0 Å². The lowest BCUT2D eigenvalue weighted by Gasteiger charge is -2.24. The third kappa shape index (κ3) is 3.41. The zero-order chi connectivity index (χ0) is 14.5. The van der Waals surface area contributed by atoms with Gasteiger partial charge in [0.1, 0.15) is 0 Å².